The van der Waals surface area contributed by atoms with E-state index in [0.717, 1.165) is 23.2 Å². The fourth-order valence-electron chi connectivity index (χ4n) is 2.46. The zero-order chi connectivity index (χ0) is 15.3. The molecule has 2 N–H and O–H groups in total. The second-order valence-electron chi connectivity index (χ2n) is 6.70. The molecule has 1 aromatic rings. The molecule has 22 heavy (non-hydrogen) atoms. The van der Waals surface area contributed by atoms with Crippen molar-refractivity contribution in [2.75, 3.05) is 6.54 Å². The summed E-state index contributed by atoms with van der Waals surface area (Å²) in [7, 11) is 0. The molecule has 1 aromatic heterocycles. The van der Waals surface area contributed by atoms with E-state index in [2.05, 4.69) is 48.7 Å². The molecular weight excluding hydrogens is 407 g/mol. The first-order valence-electron chi connectivity index (χ1n) is 7.98. The number of guanidine groups is 1. The van der Waals surface area contributed by atoms with Gasteiger partial charge in [-0.05, 0) is 19.8 Å². The summed E-state index contributed by atoms with van der Waals surface area (Å²) in [4.78, 5) is 9.39. The number of rotatable bonds is 4. The Labute approximate surface area is 155 Å². The molecular formula is C16H29IN4S. The summed E-state index contributed by atoms with van der Waals surface area (Å²) < 4.78 is 0. The highest BCUT2D eigenvalue weighted by Crippen LogP contribution is 2.24. The molecule has 1 fully saturated rings. The SMILES string of the molecule is CCNC(=NCc1nc(C(C)(C)C)cs1)NC1CCCC1.I. The van der Waals surface area contributed by atoms with Gasteiger partial charge in [-0.2, -0.15) is 0 Å². The number of nitrogens with one attached hydrogen (secondary N) is 2. The van der Waals surface area contributed by atoms with E-state index >= 15 is 0 Å². The molecule has 6 heteroatoms. The van der Waals surface area contributed by atoms with Crippen LogP contribution in [0.2, 0.25) is 0 Å². The number of hydrogen-bond donors (Lipinski definition) is 2. The number of aromatic nitrogens is 1. The maximum atomic E-state index is 4.70. The lowest BCUT2D eigenvalue weighted by Gasteiger charge is -2.16. The minimum atomic E-state index is 0. The monoisotopic (exact) mass is 436 g/mol. The van der Waals surface area contributed by atoms with Gasteiger partial charge in [0.2, 0.25) is 0 Å². The normalized spacial score (nSPS) is 16.5. The van der Waals surface area contributed by atoms with Gasteiger partial charge in [0.25, 0.3) is 0 Å². The quantitative estimate of drug-likeness (QED) is 0.425. The molecule has 1 heterocycles. The van der Waals surface area contributed by atoms with Gasteiger partial charge in [0.15, 0.2) is 5.96 Å². The first-order chi connectivity index (χ1) is 9.99. The van der Waals surface area contributed by atoms with Crippen molar-refractivity contribution in [2.45, 2.75) is 71.4 Å². The number of aliphatic imine (C=N–C) groups is 1. The zero-order valence-corrected chi connectivity index (χ0v) is 17.3. The van der Waals surface area contributed by atoms with E-state index in [9.17, 15) is 0 Å². The van der Waals surface area contributed by atoms with E-state index in [-0.39, 0.29) is 29.4 Å². The summed E-state index contributed by atoms with van der Waals surface area (Å²) >= 11 is 1.71. The number of thiazole rings is 1. The van der Waals surface area contributed by atoms with Crippen molar-refractivity contribution in [3.8, 4) is 0 Å². The smallest absolute Gasteiger partial charge is 0.191 e. The molecule has 0 atom stereocenters. The Morgan fingerprint density at radius 1 is 1.36 bits per heavy atom. The maximum Gasteiger partial charge on any atom is 0.191 e. The molecule has 0 unspecified atom stereocenters. The summed E-state index contributed by atoms with van der Waals surface area (Å²) in [6.45, 7) is 10.2. The van der Waals surface area contributed by atoms with Crippen LogP contribution in [0.15, 0.2) is 10.4 Å². The number of nitrogens with zero attached hydrogens (tertiary/aromatic N) is 2. The van der Waals surface area contributed by atoms with Crippen LogP contribution in [0.4, 0.5) is 0 Å². The molecule has 2 rings (SSSR count). The topological polar surface area (TPSA) is 49.3 Å². The minimum Gasteiger partial charge on any atom is -0.357 e. The maximum absolute atomic E-state index is 4.70. The molecule has 0 aliphatic heterocycles. The lowest BCUT2D eigenvalue weighted by Crippen LogP contribution is -2.42. The Balaban J connectivity index is 0.00000242. The van der Waals surface area contributed by atoms with E-state index in [1.807, 2.05) is 0 Å². The van der Waals surface area contributed by atoms with Crippen LogP contribution in [0.3, 0.4) is 0 Å². The molecule has 0 bridgehead atoms. The summed E-state index contributed by atoms with van der Waals surface area (Å²) in [6.07, 6.45) is 5.18. The Bertz CT molecular complexity index is 473. The van der Waals surface area contributed by atoms with Crippen LogP contribution < -0.4 is 10.6 Å². The summed E-state index contributed by atoms with van der Waals surface area (Å²) in [6, 6.07) is 0.587. The highest BCUT2D eigenvalue weighted by atomic mass is 127. The molecule has 0 aromatic carbocycles. The highest BCUT2D eigenvalue weighted by Gasteiger charge is 2.18. The van der Waals surface area contributed by atoms with Crippen LogP contribution in [-0.2, 0) is 12.0 Å². The molecule has 126 valence electrons. The van der Waals surface area contributed by atoms with E-state index in [1.165, 1.54) is 25.7 Å². The Morgan fingerprint density at radius 2 is 2.05 bits per heavy atom. The second kappa shape index (κ2) is 9.05. The van der Waals surface area contributed by atoms with Crippen molar-refractivity contribution in [3.63, 3.8) is 0 Å². The van der Waals surface area contributed by atoms with Crippen molar-refractivity contribution >= 4 is 41.3 Å². The summed E-state index contributed by atoms with van der Waals surface area (Å²) in [5.41, 5.74) is 1.27. The molecule has 0 saturated heterocycles. The van der Waals surface area contributed by atoms with Gasteiger partial charge in [-0.1, -0.05) is 33.6 Å². The standard InChI is InChI=1S/C16H28N4S.HI/c1-5-17-15(19-12-8-6-7-9-12)18-10-14-20-13(11-21-14)16(2,3)4;/h11-12H,5-10H2,1-4H3,(H2,17,18,19);1H. The van der Waals surface area contributed by atoms with Crippen molar-refractivity contribution < 1.29 is 0 Å². The number of halogens is 1. The molecule has 1 saturated carbocycles. The minimum absolute atomic E-state index is 0. The fourth-order valence-corrected chi connectivity index (χ4v) is 3.40. The molecule has 0 radical (unpaired) electrons. The first-order valence-corrected chi connectivity index (χ1v) is 8.86. The largest absolute Gasteiger partial charge is 0.357 e. The van der Waals surface area contributed by atoms with E-state index in [0.29, 0.717) is 12.6 Å². The Kier molecular flexibility index (Phi) is 8.10. The summed E-state index contributed by atoms with van der Waals surface area (Å²) in [5.74, 6) is 0.928. The molecule has 0 amide bonds. The van der Waals surface area contributed by atoms with Gasteiger partial charge >= 0.3 is 0 Å². The van der Waals surface area contributed by atoms with Crippen LogP contribution in [0, 0.1) is 0 Å². The first kappa shape index (κ1) is 19.7. The van der Waals surface area contributed by atoms with E-state index in [4.69, 9.17) is 4.98 Å². The van der Waals surface area contributed by atoms with Gasteiger partial charge in [0.05, 0.1) is 12.2 Å². The van der Waals surface area contributed by atoms with Gasteiger partial charge in [0, 0.05) is 23.4 Å². The predicted octanol–water partition coefficient (Wildman–Crippen LogP) is 4.06. The lowest BCUT2D eigenvalue weighted by atomic mass is 9.93. The third-order valence-electron chi connectivity index (χ3n) is 3.73. The van der Waals surface area contributed by atoms with Gasteiger partial charge < -0.3 is 10.6 Å². The fraction of sp³-hybridized carbons (Fsp3) is 0.750. The summed E-state index contributed by atoms with van der Waals surface area (Å²) in [5, 5.41) is 10.1. The van der Waals surface area contributed by atoms with Crippen molar-refractivity contribution in [3.05, 3.63) is 16.1 Å². The molecule has 0 spiro atoms. The predicted molar refractivity (Wildman–Crippen MR) is 106 cm³/mol. The van der Waals surface area contributed by atoms with Gasteiger partial charge in [0.1, 0.15) is 5.01 Å². The molecule has 4 nitrogen and oxygen atoms in total. The average molecular weight is 436 g/mol. The van der Waals surface area contributed by atoms with Crippen LogP contribution in [0.1, 0.15) is 64.1 Å². The highest BCUT2D eigenvalue weighted by molar-refractivity contribution is 14.0. The van der Waals surface area contributed by atoms with Crippen molar-refractivity contribution in [1.82, 2.24) is 15.6 Å². The third-order valence-corrected chi connectivity index (χ3v) is 4.57. The van der Waals surface area contributed by atoms with Gasteiger partial charge in [-0.15, -0.1) is 35.3 Å². The second-order valence-corrected chi connectivity index (χ2v) is 7.64. The zero-order valence-electron chi connectivity index (χ0n) is 14.1. The van der Waals surface area contributed by atoms with Crippen LogP contribution in [0.5, 0.6) is 0 Å². The lowest BCUT2D eigenvalue weighted by molar-refractivity contribution is 0.571. The number of hydrogen-bond acceptors (Lipinski definition) is 3. The Hall–Kier alpha value is -0.370. The van der Waals surface area contributed by atoms with Gasteiger partial charge in [-0.25, -0.2) is 9.98 Å². The van der Waals surface area contributed by atoms with E-state index in [1.54, 1.807) is 11.3 Å². The van der Waals surface area contributed by atoms with E-state index < -0.39 is 0 Å². The van der Waals surface area contributed by atoms with Crippen LogP contribution in [0.25, 0.3) is 0 Å². The van der Waals surface area contributed by atoms with Crippen molar-refractivity contribution in [2.24, 2.45) is 4.99 Å². The molecule has 1 aliphatic carbocycles. The van der Waals surface area contributed by atoms with Crippen molar-refractivity contribution in [1.29, 1.82) is 0 Å². The molecule has 1 aliphatic rings. The van der Waals surface area contributed by atoms with Crippen LogP contribution >= 0.6 is 35.3 Å². The van der Waals surface area contributed by atoms with Gasteiger partial charge in [-0.3, -0.25) is 0 Å². The average Bonchev–Trinajstić information content (AvgIpc) is 3.06. The van der Waals surface area contributed by atoms with Crippen LogP contribution in [-0.4, -0.2) is 23.5 Å². The third kappa shape index (κ3) is 6.02. The Morgan fingerprint density at radius 3 is 2.59 bits per heavy atom.